The van der Waals surface area contributed by atoms with Crippen LogP contribution >= 0.6 is 0 Å². The zero-order valence-electron chi connectivity index (χ0n) is 16.7. The minimum absolute atomic E-state index is 0.170. The lowest BCUT2D eigenvalue weighted by atomic mass is 10.2. The highest BCUT2D eigenvalue weighted by molar-refractivity contribution is 7.89. The van der Waals surface area contributed by atoms with Gasteiger partial charge >= 0.3 is 0 Å². The predicted octanol–water partition coefficient (Wildman–Crippen LogP) is 2.41. The maximum atomic E-state index is 12.2. The number of ether oxygens (including phenoxy) is 1. The second-order valence-corrected chi connectivity index (χ2v) is 8.76. The third-order valence-corrected chi connectivity index (χ3v) is 5.85. The molecule has 2 aromatic rings. The smallest absolute Gasteiger partial charge is 0.242 e. The fraction of sp³-hybridized carbons (Fsp3) is 0.350. The van der Waals surface area contributed by atoms with Crippen LogP contribution in [0.2, 0.25) is 0 Å². The van der Waals surface area contributed by atoms with Gasteiger partial charge in [-0.1, -0.05) is 12.1 Å². The molecule has 0 fully saturated rings. The SMILES string of the molecule is CCOc1ccc(CN(C)CC(=O)Nc2ccc(S(=O)(=O)N(C)C)cc2)cc1. The Balaban J connectivity index is 1.89. The number of sulfonamides is 1. The first kappa shape index (κ1) is 21.9. The van der Waals surface area contributed by atoms with Gasteiger partial charge in [0.05, 0.1) is 18.0 Å². The van der Waals surface area contributed by atoms with E-state index in [0.717, 1.165) is 15.6 Å². The Morgan fingerprint density at radius 3 is 2.14 bits per heavy atom. The molecule has 0 saturated carbocycles. The molecular weight excluding hydrogens is 378 g/mol. The van der Waals surface area contributed by atoms with Crippen molar-refractivity contribution in [3.05, 3.63) is 54.1 Å². The van der Waals surface area contributed by atoms with Gasteiger partial charge in [0, 0.05) is 26.3 Å². The number of nitrogens with one attached hydrogen (secondary N) is 1. The van der Waals surface area contributed by atoms with Crippen molar-refractivity contribution in [2.24, 2.45) is 0 Å². The number of rotatable bonds is 9. The van der Waals surface area contributed by atoms with Gasteiger partial charge in [-0.3, -0.25) is 9.69 Å². The van der Waals surface area contributed by atoms with Crippen LogP contribution in [0, 0.1) is 0 Å². The van der Waals surface area contributed by atoms with Gasteiger partial charge < -0.3 is 10.1 Å². The lowest BCUT2D eigenvalue weighted by Gasteiger charge is -2.17. The van der Waals surface area contributed by atoms with E-state index in [1.165, 1.54) is 26.2 Å². The van der Waals surface area contributed by atoms with Crippen LogP contribution in [0.25, 0.3) is 0 Å². The molecule has 0 spiro atoms. The third kappa shape index (κ3) is 6.05. The van der Waals surface area contributed by atoms with Crippen LogP contribution in [-0.2, 0) is 21.4 Å². The topological polar surface area (TPSA) is 79.0 Å². The Labute approximate surface area is 167 Å². The molecule has 0 aliphatic carbocycles. The summed E-state index contributed by atoms with van der Waals surface area (Å²) in [5, 5.41) is 2.78. The number of amides is 1. The van der Waals surface area contributed by atoms with Crippen LogP contribution in [0.4, 0.5) is 5.69 Å². The predicted molar refractivity (Wildman–Crippen MR) is 110 cm³/mol. The van der Waals surface area contributed by atoms with Crippen molar-refractivity contribution in [3.8, 4) is 5.75 Å². The molecule has 8 heteroatoms. The number of hydrogen-bond donors (Lipinski definition) is 1. The van der Waals surface area contributed by atoms with E-state index in [1.54, 1.807) is 12.1 Å². The normalized spacial score (nSPS) is 11.6. The molecule has 0 aliphatic heterocycles. The zero-order chi connectivity index (χ0) is 20.7. The van der Waals surface area contributed by atoms with Crippen LogP contribution < -0.4 is 10.1 Å². The number of carbonyl (C=O) groups excluding carboxylic acids is 1. The van der Waals surface area contributed by atoms with Gasteiger partial charge in [-0.15, -0.1) is 0 Å². The fourth-order valence-corrected chi connectivity index (χ4v) is 3.49. The maximum Gasteiger partial charge on any atom is 0.242 e. The number of nitrogens with zero attached hydrogens (tertiary/aromatic N) is 2. The Kier molecular flexibility index (Phi) is 7.56. The second kappa shape index (κ2) is 9.68. The number of carbonyl (C=O) groups is 1. The van der Waals surface area contributed by atoms with E-state index in [2.05, 4.69) is 5.32 Å². The minimum Gasteiger partial charge on any atom is -0.494 e. The van der Waals surface area contributed by atoms with Gasteiger partial charge in [0.25, 0.3) is 0 Å². The van der Waals surface area contributed by atoms with Crippen molar-refractivity contribution in [3.63, 3.8) is 0 Å². The maximum absolute atomic E-state index is 12.2. The summed E-state index contributed by atoms with van der Waals surface area (Å²) in [7, 11) is 1.34. The molecule has 2 aromatic carbocycles. The van der Waals surface area contributed by atoms with E-state index in [1.807, 2.05) is 43.1 Å². The molecule has 0 radical (unpaired) electrons. The molecule has 0 saturated heterocycles. The van der Waals surface area contributed by atoms with Gasteiger partial charge in [0.15, 0.2) is 0 Å². The number of hydrogen-bond acceptors (Lipinski definition) is 5. The van der Waals surface area contributed by atoms with Gasteiger partial charge in [-0.25, -0.2) is 12.7 Å². The van der Waals surface area contributed by atoms with Crippen LogP contribution in [0.15, 0.2) is 53.4 Å². The first-order valence-electron chi connectivity index (χ1n) is 8.95. The summed E-state index contributed by atoms with van der Waals surface area (Å²) >= 11 is 0. The molecule has 7 nitrogen and oxygen atoms in total. The standard InChI is InChI=1S/C20H27N3O4S/c1-5-27-18-10-6-16(7-11-18)14-23(4)15-20(24)21-17-8-12-19(13-9-17)28(25,26)22(2)3/h6-13H,5,14-15H2,1-4H3,(H,21,24). The lowest BCUT2D eigenvalue weighted by molar-refractivity contribution is -0.117. The molecule has 1 N–H and O–H groups in total. The molecule has 2 rings (SSSR count). The summed E-state index contributed by atoms with van der Waals surface area (Å²) in [6.07, 6.45) is 0. The first-order chi connectivity index (χ1) is 13.2. The lowest BCUT2D eigenvalue weighted by Crippen LogP contribution is -2.29. The summed E-state index contributed by atoms with van der Waals surface area (Å²) in [5.41, 5.74) is 1.63. The van der Waals surface area contributed by atoms with E-state index < -0.39 is 10.0 Å². The van der Waals surface area contributed by atoms with Crippen molar-refractivity contribution in [2.45, 2.75) is 18.4 Å². The summed E-state index contributed by atoms with van der Waals surface area (Å²) in [5.74, 6) is 0.656. The Bertz CT molecular complexity index is 879. The van der Waals surface area contributed by atoms with E-state index in [9.17, 15) is 13.2 Å². The van der Waals surface area contributed by atoms with Crippen molar-refractivity contribution in [1.82, 2.24) is 9.21 Å². The van der Waals surface area contributed by atoms with Crippen LogP contribution in [0.1, 0.15) is 12.5 Å². The zero-order valence-corrected chi connectivity index (χ0v) is 17.5. The van der Waals surface area contributed by atoms with Crippen molar-refractivity contribution >= 4 is 21.6 Å². The quantitative estimate of drug-likeness (QED) is 0.693. The molecule has 0 aromatic heterocycles. The highest BCUT2D eigenvalue weighted by Crippen LogP contribution is 2.17. The number of anilines is 1. The van der Waals surface area contributed by atoms with Crippen molar-refractivity contribution in [1.29, 1.82) is 0 Å². The highest BCUT2D eigenvalue weighted by Gasteiger charge is 2.17. The van der Waals surface area contributed by atoms with E-state index in [4.69, 9.17) is 4.74 Å². The summed E-state index contributed by atoms with van der Waals surface area (Å²) in [6, 6.07) is 13.9. The summed E-state index contributed by atoms with van der Waals surface area (Å²) in [4.78, 5) is 14.3. The van der Waals surface area contributed by atoms with E-state index in [-0.39, 0.29) is 17.3 Å². The van der Waals surface area contributed by atoms with Gasteiger partial charge in [-0.05, 0) is 55.9 Å². The van der Waals surface area contributed by atoms with Crippen LogP contribution in [-0.4, -0.2) is 57.8 Å². The molecular formula is C20H27N3O4S. The molecule has 1 amide bonds. The minimum atomic E-state index is -3.48. The highest BCUT2D eigenvalue weighted by atomic mass is 32.2. The monoisotopic (exact) mass is 405 g/mol. The Morgan fingerprint density at radius 1 is 1.00 bits per heavy atom. The van der Waals surface area contributed by atoms with Gasteiger partial charge in [0.1, 0.15) is 5.75 Å². The fourth-order valence-electron chi connectivity index (χ4n) is 2.59. The molecule has 0 atom stereocenters. The summed E-state index contributed by atoms with van der Waals surface area (Å²) < 4.78 is 30.7. The summed E-state index contributed by atoms with van der Waals surface area (Å²) in [6.45, 7) is 3.40. The Morgan fingerprint density at radius 2 is 1.61 bits per heavy atom. The molecule has 0 unspecified atom stereocenters. The van der Waals surface area contributed by atoms with E-state index in [0.29, 0.717) is 18.8 Å². The van der Waals surface area contributed by atoms with Crippen LogP contribution in [0.5, 0.6) is 5.75 Å². The average Bonchev–Trinajstić information content (AvgIpc) is 2.63. The number of benzene rings is 2. The Hall–Kier alpha value is -2.42. The molecule has 0 bridgehead atoms. The van der Waals surface area contributed by atoms with E-state index >= 15 is 0 Å². The molecule has 152 valence electrons. The first-order valence-corrected chi connectivity index (χ1v) is 10.4. The van der Waals surface area contributed by atoms with Crippen LogP contribution in [0.3, 0.4) is 0 Å². The van der Waals surface area contributed by atoms with Crippen molar-refractivity contribution in [2.75, 3.05) is 39.6 Å². The van der Waals surface area contributed by atoms with Gasteiger partial charge in [0.2, 0.25) is 15.9 Å². The second-order valence-electron chi connectivity index (χ2n) is 6.61. The molecule has 0 aliphatic rings. The van der Waals surface area contributed by atoms with Gasteiger partial charge in [-0.2, -0.15) is 0 Å². The largest absolute Gasteiger partial charge is 0.494 e. The average molecular weight is 406 g/mol. The number of likely N-dealkylation sites (N-methyl/N-ethyl adjacent to an activating group) is 1. The van der Waals surface area contributed by atoms with Crippen molar-refractivity contribution < 1.29 is 17.9 Å². The third-order valence-electron chi connectivity index (χ3n) is 4.02. The molecule has 28 heavy (non-hydrogen) atoms. The molecule has 0 heterocycles.